The largest absolute Gasteiger partial charge is 0.386 e. The number of carbonyl (C=O) groups excluding carboxylic acids is 1. The summed E-state index contributed by atoms with van der Waals surface area (Å²) in [5.41, 5.74) is 1.68. The number of epoxide rings is 1. The number of hydrogen-bond acceptors (Lipinski definition) is 4. The summed E-state index contributed by atoms with van der Waals surface area (Å²) in [6, 6.07) is 0. The number of ketones is 1. The Hall–Kier alpha value is -0.970. The second kappa shape index (κ2) is 3.19. The number of aliphatic hydroxyl groups excluding tert-OH is 1. The molecule has 0 unspecified atom stereocenters. The first-order valence-corrected chi connectivity index (χ1v) is 7.12. The molecule has 4 nitrogen and oxygen atoms in total. The minimum atomic E-state index is -0.646. The number of carbonyl (C=O) groups is 1. The number of hydrogen-bond donors (Lipinski definition) is 1. The third kappa shape index (κ3) is 1.10. The van der Waals surface area contributed by atoms with Crippen molar-refractivity contribution in [3.05, 3.63) is 23.3 Å². The summed E-state index contributed by atoms with van der Waals surface area (Å²) in [5.74, 6) is 1.05. The number of allylic oxidation sites excluding steroid dienone is 1. The molecule has 2 fully saturated rings. The minimum Gasteiger partial charge on any atom is -0.386 e. The maximum absolute atomic E-state index is 12.5. The van der Waals surface area contributed by atoms with E-state index in [1.54, 1.807) is 0 Å². The summed E-state index contributed by atoms with van der Waals surface area (Å²) in [5, 5.41) is 10.4. The summed E-state index contributed by atoms with van der Waals surface area (Å²) >= 11 is 0. The van der Waals surface area contributed by atoms with Gasteiger partial charge in [0.25, 0.3) is 0 Å². The first-order chi connectivity index (χ1) is 9.18. The van der Waals surface area contributed by atoms with Crippen molar-refractivity contribution in [3.63, 3.8) is 0 Å². The Balaban J connectivity index is 1.72. The smallest absolute Gasteiger partial charge is 0.190 e. The van der Waals surface area contributed by atoms with E-state index in [1.165, 1.54) is 0 Å². The number of fused-ring (bicyclic) bond motifs is 2. The molecular formula is C15H16O4. The average Bonchev–Trinajstić information content (AvgIpc) is 3.05. The Morgan fingerprint density at radius 2 is 2.16 bits per heavy atom. The standard InChI is InChI=1S/C15H16O4/c1-5-8-6-3-2-4-7(6)13(18-5)10-9(8)11(16)14-15(19-14)12(10)17/h2,4-8,12-15,17H,3H2,1H3/t5-,6-,7-,8+,12+,13-,14+,15-/m1/s1. The molecular weight excluding hydrogens is 244 g/mol. The molecule has 3 aliphatic heterocycles. The molecule has 4 heteroatoms. The van der Waals surface area contributed by atoms with Crippen LogP contribution in [0.3, 0.4) is 0 Å². The van der Waals surface area contributed by atoms with Crippen LogP contribution in [-0.2, 0) is 14.3 Å². The Morgan fingerprint density at radius 1 is 1.32 bits per heavy atom. The van der Waals surface area contributed by atoms with Crippen LogP contribution in [0, 0.1) is 17.8 Å². The number of aliphatic hydroxyl groups is 1. The molecule has 19 heavy (non-hydrogen) atoms. The van der Waals surface area contributed by atoms with Crippen molar-refractivity contribution in [1.82, 2.24) is 0 Å². The highest BCUT2D eigenvalue weighted by molar-refractivity contribution is 6.04. The van der Waals surface area contributed by atoms with Gasteiger partial charge in [-0.25, -0.2) is 0 Å². The SMILES string of the molecule is C[C@H]1O[C@H]2C3=C(C(=O)[C@@H]4O[C@@H]4[C@H]3O)[C@@H]1[C@@H]1CC=C[C@H]12. The van der Waals surface area contributed by atoms with E-state index in [4.69, 9.17) is 9.47 Å². The molecule has 2 saturated heterocycles. The Morgan fingerprint density at radius 3 is 3.00 bits per heavy atom. The zero-order valence-electron chi connectivity index (χ0n) is 10.7. The van der Waals surface area contributed by atoms with E-state index in [-0.39, 0.29) is 36.1 Å². The van der Waals surface area contributed by atoms with Crippen LogP contribution in [-0.4, -0.2) is 41.4 Å². The molecule has 6 aliphatic rings. The van der Waals surface area contributed by atoms with Crippen molar-refractivity contribution >= 4 is 5.78 Å². The fraction of sp³-hybridized carbons (Fsp3) is 0.667. The first-order valence-electron chi connectivity index (χ1n) is 7.12. The van der Waals surface area contributed by atoms with Crippen molar-refractivity contribution in [1.29, 1.82) is 0 Å². The van der Waals surface area contributed by atoms with Gasteiger partial charge in [0.05, 0.1) is 12.2 Å². The molecule has 0 saturated carbocycles. The topological polar surface area (TPSA) is 59.1 Å². The fourth-order valence-corrected chi connectivity index (χ4v) is 4.77. The van der Waals surface area contributed by atoms with E-state index >= 15 is 0 Å². The van der Waals surface area contributed by atoms with Gasteiger partial charge in [-0.2, -0.15) is 0 Å². The summed E-state index contributed by atoms with van der Waals surface area (Å²) < 4.78 is 11.4. The maximum Gasteiger partial charge on any atom is 0.190 e. The zero-order valence-corrected chi connectivity index (χ0v) is 10.7. The predicted molar refractivity (Wildman–Crippen MR) is 65.3 cm³/mol. The van der Waals surface area contributed by atoms with Gasteiger partial charge in [0, 0.05) is 17.4 Å². The predicted octanol–water partition coefficient (Wildman–Crippen LogP) is 0.603. The van der Waals surface area contributed by atoms with Gasteiger partial charge in [-0.1, -0.05) is 12.2 Å². The molecule has 0 aromatic rings. The second-order valence-electron chi connectivity index (χ2n) is 6.39. The van der Waals surface area contributed by atoms with Crippen LogP contribution in [0.25, 0.3) is 0 Å². The molecule has 0 spiro atoms. The van der Waals surface area contributed by atoms with E-state index in [1.807, 2.05) is 0 Å². The molecule has 2 bridgehead atoms. The summed E-state index contributed by atoms with van der Waals surface area (Å²) in [4.78, 5) is 12.5. The lowest BCUT2D eigenvalue weighted by Gasteiger charge is -2.52. The Kier molecular flexibility index (Phi) is 1.81. The fourth-order valence-electron chi connectivity index (χ4n) is 4.77. The lowest BCUT2D eigenvalue weighted by molar-refractivity contribution is -0.135. The van der Waals surface area contributed by atoms with Gasteiger partial charge < -0.3 is 14.6 Å². The average molecular weight is 260 g/mol. The summed E-state index contributed by atoms with van der Waals surface area (Å²) in [6.07, 6.45) is 4.03. The molecule has 0 radical (unpaired) electrons. The van der Waals surface area contributed by atoms with Gasteiger partial charge in [-0.05, 0) is 24.8 Å². The van der Waals surface area contributed by atoms with E-state index in [9.17, 15) is 9.90 Å². The lowest BCUT2D eigenvalue weighted by Crippen LogP contribution is -2.57. The molecule has 3 aliphatic carbocycles. The normalized spacial score (nSPS) is 57.1. The van der Waals surface area contributed by atoms with Crippen LogP contribution in [0.2, 0.25) is 0 Å². The Labute approximate surface area is 111 Å². The van der Waals surface area contributed by atoms with E-state index in [0.29, 0.717) is 11.8 Å². The van der Waals surface area contributed by atoms with E-state index in [2.05, 4.69) is 19.1 Å². The molecule has 1 N–H and O–H groups in total. The van der Waals surface area contributed by atoms with Crippen LogP contribution in [0.1, 0.15) is 13.3 Å². The van der Waals surface area contributed by atoms with Crippen molar-refractivity contribution < 1.29 is 19.4 Å². The third-order valence-corrected chi connectivity index (χ3v) is 5.57. The van der Waals surface area contributed by atoms with E-state index in [0.717, 1.165) is 17.6 Å². The molecule has 0 aromatic carbocycles. The van der Waals surface area contributed by atoms with Gasteiger partial charge in [-0.3, -0.25) is 4.79 Å². The van der Waals surface area contributed by atoms with Crippen molar-refractivity contribution in [2.24, 2.45) is 17.8 Å². The maximum atomic E-state index is 12.5. The highest BCUT2D eigenvalue weighted by Crippen LogP contribution is 2.57. The summed E-state index contributed by atoms with van der Waals surface area (Å²) in [6.45, 7) is 2.05. The van der Waals surface area contributed by atoms with Gasteiger partial charge in [0.15, 0.2) is 5.78 Å². The lowest BCUT2D eigenvalue weighted by atomic mass is 9.60. The number of ether oxygens (including phenoxy) is 2. The zero-order chi connectivity index (χ0) is 12.9. The molecule has 100 valence electrons. The van der Waals surface area contributed by atoms with Crippen LogP contribution in [0.5, 0.6) is 0 Å². The van der Waals surface area contributed by atoms with Crippen molar-refractivity contribution in [2.75, 3.05) is 0 Å². The van der Waals surface area contributed by atoms with Crippen molar-refractivity contribution in [2.45, 2.75) is 43.9 Å². The molecule has 0 aromatic heterocycles. The van der Waals surface area contributed by atoms with Gasteiger partial charge in [-0.15, -0.1) is 0 Å². The number of rotatable bonds is 0. The van der Waals surface area contributed by atoms with E-state index < -0.39 is 6.10 Å². The van der Waals surface area contributed by atoms with Gasteiger partial charge in [0.1, 0.15) is 18.3 Å². The van der Waals surface area contributed by atoms with Crippen LogP contribution >= 0.6 is 0 Å². The van der Waals surface area contributed by atoms with Gasteiger partial charge >= 0.3 is 0 Å². The Bertz CT molecular complexity index is 548. The van der Waals surface area contributed by atoms with Crippen LogP contribution in [0.4, 0.5) is 0 Å². The highest BCUT2D eigenvalue weighted by atomic mass is 16.6. The molecule has 3 heterocycles. The van der Waals surface area contributed by atoms with Crippen LogP contribution in [0.15, 0.2) is 23.3 Å². The molecule has 6 rings (SSSR count). The minimum absolute atomic E-state index is 0.0661. The highest BCUT2D eigenvalue weighted by Gasteiger charge is 2.64. The summed E-state index contributed by atoms with van der Waals surface area (Å²) in [7, 11) is 0. The van der Waals surface area contributed by atoms with Crippen molar-refractivity contribution in [3.8, 4) is 0 Å². The monoisotopic (exact) mass is 260 g/mol. The molecule has 8 atom stereocenters. The third-order valence-electron chi connectivity index (χ3n) is 5.57. The quantitative estimate of drug-likeness (QED) is 0.512. The van der Waals surface area contributed by atoms with Crippen LogP contribution < -0.4 is 0 Å². The van der Waals surface area contributed by atoms with Gasteiger partial charge in [0.2, 0.25) is 0 Å². The first kappa shape index (κ1) is 10.8. The second-order valence-corrected chi connectivity index (χ2v) is 6.39. The molecule has 0 amide bonds. The number of Topliss-reactive ketones (excluding diaryl/α,β-unsaturated/α-hetero) is 1.